The van der Waals surface area contributed by atoms with Crippen LogP contribution < -0.4 is 5.32 Å². The van der Waals surface area contributed by atoms with E-state index in [-0.39, 0.29) is 18.1 Å². The van der Waals surface area contributed by atoms with Gasteiger partial charge in [0, 0.05) is 23.8 Å². The number of amides is 1. The lowest BCUT2D eigenvalue weighted by molar-refractivity contribution is -0.115. The number of aromatic nitrogens is 3. The maximum atomic E-state index is 12.8. The third-order valence-electron chi connectivity index (χ3n) is 2.75. The summed E-state index contributed by atoms with van der Waals surface area (Å²) in [6.45, 7) is 0. The average Bonchev–Trinajstić information content (AvgIpc) is 3.12. The number of carbonyl (C=O) groups is 1. The summed E-state index contributed by atoms with van der Waals surface area (Å²) in [5, 5.41) is 9.50. The summed E-state index contributed by atoms with van der Waals surface area (Å²) in [6.07, 6.45) is 3.59. The number of thiazole rings is 1. The number of benzene rings is 1. The van der Waals surface area contributed by atoms with Gasteiger partial charge < -0.3 is 5.32 Å². The van der Waals surface area contributed by atoms with Gasteiger partial charge in [-0.15, -0.1) is 16.4 Å². The van der Waals surface area contributed by atoms with Crippen LogP contribution in [0, 0.1) is 5.82 Å². The summed E-state index contributed by atoms with van der Waals surface area (Å²) in [7, 11) is 0. The van der Waals surface area contributed by atoms with Crippen LogP contribution in [0.4, 0.5) is 10.2 Å². The molecule has 0 saturated carbocycles. The molecule has 0 atom stereocenters. The number of hydrogen-bond acceptors (Lipinski definition) is 4. The topological polar surface area (TPSA) is 59.8 Å². The van der Waals surface area contributed by atoms with Crippen LogP contribution in [0.2, 0.25) is 0 Å². The highest BCUT2D eigenvalue weighted by Gasteiger charge is 2.08. The first kappa shape index (κ1) is 13.4. The molecule has 0 saturated heterocycles. The fourth-order valence-electron chi connectivity index (χ4n) is 1.80. The van der Waals surface area contributed by atoms with Crippen LogP contribution in [0.3, 0.4) is 0 Å². The fourth-order valence-corrected chi connectivity index (χ4v) is 2.38. The van der Waals surface area contributed by atoms with Crippen molar-refractivity contribution in [1.82, 2.24) is 14.8 Å². The number of nitrogens with one attached hydrogen (secondary N) is 1. The largest absolute Gasteiger partial charge is 0.309 e. The molecule has 0 radical (unpaired) electrons. The van der Waals surface area contributed by atoms with Gasteiger partial charge in [-0.1, -0.05) is 12.1 Å². The predicted molar refractivity (Wildman–Crippen MR) is 78.0 cm³/mol. The normalized spacial score (nSPS) is 10.5. The Balaban J connectivity index is 1.64. The zero-order valence-electron chi connectivity index (χ0n) is 10.9. The Morgan fingerprint density at radius 2 is 2.10 bits per heavy atom. The van der Waals surface area contributed by atoms with Crippen molar-refractivity contribution in [2.24, 2.45) is 0 Å². The van der Waals surface area contributed by atoms with Crippen molar-refractivity contribution >= 4 is 23.1 Å². The highest BCUT2D eigenvalue weighted by molar-refractivity contribution is 7.12. The minimum absolute atomic E-state index is 0.171. The van der Waals surface area contributed by atoms with Crippen molar-refractivity contribution in [2.75, 3.05) is 5.32 Å². The molecule has 106 valence electrons. The molecule has 7 heteroatoms. The van der Waals surface area contributed by atoms with Gasteiger partial charge in [0.25, 0.3) is 0 Å². The summed E-state index contributed by atoms with van der Waals surface area (Å²) >= 11 is 1.45. The van der Waals surface area contributed by atoms with E-state index in [0.717, 1.165) is 10.7 Å². The van der Waals surface area contributed by atoms with E-state index in [2.05, 4.69) is 15.4 Å². The quantitative estimate of drug-likeness (QED) is 0.806. The Kier molecular flexibility index (Phi) is 3.74. The average molecular weight is 302 g/mol. The Morgan fingerprint density at radius 1 is 1.29 bits per heavy atom. The van der Waals surface area contributed by atoms with E-state index in [4.69, 9.17) is 0 Å². The minimum Gasteiger partial charge on any atom is -0.309 e. The monoisotopic (exact) mass is 302 g/mol. The van der Waals surface area contributed by atoms with Gasteiger partial charge in [-0.2, -0.15) is 0 Å². The van der Waals surface area contributed by atoms with Crippen molar-refractivity contribution in [3.63, 3.8) is 0 Å². The zero-order chi connectivity index (χ0) is 14.7. The van der Waals surface area contributed by atoms with E-state index < -0.39 is 0 Å². The molecule has 0 aliphatic rings. The van der Waals surface area contributed by atoms with Gasteiger partial charge in [-0.05, 0) is 17.7 Å². The molecule has 0 aliphatic heterocycles. The SMILES string of the molecule is O=C(Cc1ccc(F)cc1)Nc1ccn(-c2nccs2)n1. The van der Waals surface area contributed by atoms with E-state index >= 15 is 0 Å². The highest BCUT2D eigenvalue weighted by atomic mass is 32.1. The maximum Gasteiger partial charge on any atom is 0.229 e. The van der Waals surface area contributed by atoms with Crippen molar-refractivity contribution in [1.29, 1.82) is 0 Å². The van der Waals surface area contributed by atoms with Gasteiger partial charge in [0.1, 0.15) is 5.82 Å². The maximum absolute atomic E-state index is 12.8. The van der Waals surface area contributed by atoms with Crippen LogP contribution in [-0.4, -0.2) is 20.7 Å². The first-order chi connectivity index (χ1) is 10.2. The number of hydrogen-bond donors (Lipinski definition) is 1. The van der Waals surface area contributed by atoms with E-state index in [0.29, 0.717) is 5.82 Å². The summed E-state index contributed by atoms with van der Waals surface area (Å²) < 4.78 is 14.4. The molecule has 0 spiro atoms. The fraction of sp³-hybridized carbons (Fsp3) is 0.0714. The molecular formula is C14H11FN4OS. The molecule has 0 aliphatic carbocycles. The summed E-state index contributed by atoms with van der Waals surface area (Å²) in [5.41, 5.74) is 0.744. The molecule has 1 aromatic carbocycles. The third-order valence-corrected chi connectivity index (χ3v) is 3.51. The Bertz CT molecular complexity index is 737. The molecule has 1 amide bonds. The van der Waals surface area contributed by atoms with Gasteiger partial charge in [-0.25, -0.2) is 14.1 Å². The first-order valence-corrected chi connectivity index (χ1v) is 7.08. The van der Waals surface area contributed by atoms with E-state index in [9.17, 15) is 9.18 Å². The number of anilines is 1. The molecule has 3 rings (SSSR count). The second kappa shape index (κ2) is 5.84. The summed E-state index contributed by atoms with van der Waals surface area (Å²) in [5.74, 6) is -0.0651. The summed E-state index contributed by atoms with van der Waals surface area (Å²) in [6, 6.07) is 7.54. The Labute approximate surface area is 124 Å². The van der Waals surface area contributed by atoms with Crippen LogP contribution in [0.15, 0.2) is 48.1 Å². The van der Waals surface area contributed by atoms with Crippen molar-refractivity contribution in [3.05, 3.63) is 59.5 Å². The van der Waals surface area contributed by atoms with E-state index in [1.54, 1.807) is 35.3 Å². The van der Waals surface area contributed by atoms with E-state index in [1.165, 1.54) is 23.5 Å². The number of rotatable bonds is 4. The minimum atomic E-state index is -0.318. The second-order valence-electron chi connectivity index (χ2n) is 4.31. The smallest absolute Gasteiger partial charge is 0.229 e. The van der Waals surface area contributed by atoms with Crippen molar-refractivity contribution in [3.8, 4) is 5.13 Å². The Hall–Kier alpha value is -2.54. The molecule has 5 nitrogen and oxygen atoms in total. The van der Waals surface area contributed by atoms with Crippen LogP contribution >= 0.6 is 11.3 Å². The van der Waals surface area contributed by atoms with Crippen LogP contribution in [0.5, 0.6) is 0 Å². The lowest BCUT2D eigenvalue weighted by atomic mass is 10.1. The molecule has 2 heterocycles. The molecule has 0 bridgehead atoms. The summed E-state index contributed by atoms with van der Waals surface area (Å²) in [4.78, 5) is 16.0. The first-order valence-electron chi connectivity index (χ1n) is 6.20. The number of carbonyl (C=O) groups excluding carboxylic acids is 1. The third kappa shape index (κ3) is 3.32. The van der Waals surface area contributed by atoms with Gasteiger partial charge in [0.15, 0.2) is 5.82 Å². The number of nitrogens with zero attached hydrogens (tertiary/aromatic N) is 3. The predicted octanol–water partition coefficient (Wildman–Crippen LogP) is 2.65. The molecule has 0 unspecified atom stereocenters. The van der Waals surface area contributed by atoms with Crippen molar-refractivity contribution in [2.45, 2.75) is 6.42 Å². The lowest BCUT2D eigenvalue weighted by Gasteiger charge is -2.02. The van der Waals surface area contributed by atoms with Crippen molar-refractivity contribution < 1.29 is 9.18 Å². The van der Waals surface area contributed by atoms with Crippen LogP contribution in [0.1, 0.15) is 5.56 Å². The standard InChI is InChI=1S/C14H11FN4OS/c15-11-3-1-10(2-4-11)9-13(20)17-12-5-7-19(18-12)14-16-6-8-21-14/h1-8H,9H2,(H,17,18,20). The molecular weight excluding hydrogens is 291 g/mol. The van der Waals surface area contributed by atoms with E-state index in [1.807, 2.05) is 5.38 Å². The second-order valence-corrected chi connectivity index (χ2v) is 5.18. The highest BCUT2D eigenvalue weighted by Crippen LogP contribution is 2.13. The Morgan fingerprint density at radius 3 is 2.81 bits per heavy atom. The van der Waals surface area contributed by atoms with Crippen LogP contribution in [-0.2, 0) is 11.2 Å². The molecule has 21 heavy (non-hydrogen) atoms. The molecule has 2 aromatic heterocycles. The number of halogens is 1. The van der Waals surface area contributed by atoms with Crippen LogP contribution in [0.25, 0.3) is 5.13 Å². The zero-order valence-corrected chi connectivity index (χ0v) is 11.7. The molecule has 0 fully saturated rings. The van der Waals surface area contributed by atoms with Gasteiger partial charge in [-0.3, -0.25) is 4.79 Å². The molecule has 1 N–H and O–H groups in total. The lowest BCUT2D eigenvalue weighted by Crippen LogP contribution is -2.15. The van der Waals surface area contributed by atoms with Gasteiger partial charge >= 0.3 is 0 Å². The van der Waals surface area contributed by atoms with Gasteiger partial charge in [0.05, 0.1) is 6.42 Å². The molecule has 3 aromatic rings. The van der Waals surface area contributed by atoms with Gasteiger partial charge in [0.2, 0.25) is 11.0 Å².